The fourth-order valence-electron chi connectivity index (χ4n) is 1.78. The Bertz CT molecular complexity index is 479. The van der Waals surface area contributed by atoms with E-state index in [-0.39, 0.29) is 0 Å². The van der Waals surface area contributed by atoms with E-state index in [1.54, 1.807) is 7.11 Å². The Kier molecular flexibility index (Phi) is 3.77. The number of methoxy groups -OCH3 is 1. The van der Waals surface area contributed by atoms with Gasteiger partial charge in [0, 0.05) is 12.7 Å². The van der Waals surface area contributed by atoms with Crippen LogP contribution >= 0.6 is 0 Å². The quantitative estimate of drug-likeness (QED) is 0.850. The summed E-state index contributed by atoms with van der Waals surface area (Å²) in [5, 5.41) is 7.45. The highest BCUT2D eigenvalue weighted by Gasteiger charge is 2.03. The van der Waals surface area contributed by atoms with E-state index in [0.717, 1.165) is 18.8 Å². The van der Waals surface area contributed by atoms with Crippen molar-refractivity contribution in [3.63, 3.8) is 0 Å². The standard InChI is InChI=1S/C13H17N3O/c1-14-9-12-6-7-15-16(12)10-11-4-3-5-13(8-11)17-2/h3-8,14H,9-10H2,1-2H3. The Hall–Kier alpha value is -1.81. The zero-order valence-corrected chi connectivity index (χ0v) is 10.2. The van der Waals surface area contributed by atoms with Gasteiger partial charge in [-0.1, -0.05) is 12.1 Å². The molecule has 0 radical (unpaired) electrons. The Balaban J connectivity index is 2.16. The van der Waals surface area contributed by atoms with Gasteiger partial charge < -0.3 is 10.1 Å². The van der Waals surface area contributed by atoms with E-state index in [2.05, 4.69) is 16.5 Å². The highest BCUT2D eigenvalue weighted by Crippen LogP contribution is 2.14. The van der Waals surface area contributed by atoms with Crippen molar-refractivity contribution in [1.82, 2.24) is 15.1 Å². The van der Waals surface area contributed by atoms with E-state index in [1.165, 1.54) is 11.3 Å². The van der Waals surface area contributed by atoms with Gasteiger partial charge >= 0.3 is 0 Å². The Morgan fingerprint density at radius 1 is 1.35 bits per heavy atom. The molecule has 1 aromatic heterocycles. The minimum atomic E-state index is 0.765. The van der Waals surface area contributed by atoms with Crippen molar-refractivity contribution >= 4 is 0 Å². The lowest BCUT2D eigenvalue weighted by molar-refractivity contribution is 0.414. The van der Waals surface area contributed by atoms with E-state index in [1.807, 2.05) is 42.2 Å². The predicted octanol–water partition coefficient (Wildman–Crippen LogP) is 1.66. The van der Waals surface area contributed by atoms with Gasteiger partial charge in [0.05, 0.1) is 19.3 Å². The number of aromatic nitrogens is 2. The number of nitrogens with one attached hydrogen (secondary N) is 1. The summed E-state index contributed by atoms with van der Waals surface area (Å²) >= 11 is 0. The Labute approximate surface area is 101 Å². The minimum absolute atomic E-state index is 0.765. The van der Waals surface area contributed by atoms with Crippen LogP contribution in [-0.2, 0) is 13.1 Å². The van der Waals surface area contributed by atoms with Crippen molar-refractivity contribution in [2.45, 2.75) is 13.1 Å². The summed E-state index contributed by atoms with van der Waals surface area (Å²) in [5.74, 6) is 0.879. The topological polar surface area (TPSA) is 39.1 Å². The molecule has 2 rings (SSSR count). The fourth-order valence-corrected chi connectivity index (χ4v) is 1.78. The van der Waals surface area contributed by atoms with Crippen LogP contribution in [0.25, 0.3) is 0 Å². The number of nitrogens with zero attached hydrogens (tertiary/aromatic N) is 2. The van der Waals surface area contributed by atoms with Crippen LogP contribution in [0.5, 0.6) is 5.75 Å². The second-order valence-corrected chi connectivity index (χ2v) is 3.86. The lowest BCUT2D eigenvalue weighted by Crippen LogP contribution is -2.12. The third-order valence-electron chi connectivity index (χ3n) is 2.63. The molecule has 4 nitrogen and oxygen atoms in total. The fraction of sp³-hybridized carbons (Fsp3) is 0.308. The average Bonchev–Trinajstić information content (AvgIpc) is 2.78. The summed E-state index contributed by atoms with van der Waals surface area (Å²) in [6.45, 7) is 1.59. The van der Waals surface area contributed by atoms with Crippen LogP contribution in [0.4, 0.5) is 0 Å². The number of hydrogen-bond acceptors (Lipinski definition) is 3. The van der Waals surface area contributed by atoms with Crippen LogP contribution in [0.3, 0.4) is 0 Å². The molecule has 0 fully saturated rings. The van der Waals surface area contributed by atoms with E-state index in [0.29, 0.717) is 0 Å². The van der Waals surface area contributed by atoms with Gasteiger partial charge in [0.25, 0.3) is 0 Å². The first kappa shape index (κ1) is 11.7. The van der Waals surface area contributed by atoms with Gasteiger partial charge in [-0.2, -0.15) is 5.10 Å². The molecule has 0 bridgehead atoms. The van der Waals surface area contributed by atoms with Crippen LogP contribution in [0, 0.1) is 0 Å². The van der Waals surface area contributed by atoms with Gasteiger partial charge in [0.1, 0.15) is 5.75 Å². The van der Waals surface area contributed by atoms with E-state index < -0.39 is 0 Å². The largest absolute Gasteiger partial charge is 0.497 e. The Morgan fingerprint density at radius 3 is 3.00 bits per heavy atom. The molecule has 0 saturated heterocycles. The summed E-state index contributed by atoms with van der Waals surface area (Å²) in [7, 11) is 3.61. The molecule has 0 amide bonds. The lowest BCUT2D eigenvalue weighted by Gasteiger charge is -2.08. The third kappa shape index (κ3) is 2.85. The second kappa shape index (κ2) is 5.50. The smallest absolute Gasteiger partial charge is 0.119 e. The van der Waals surface area contributed by atoms with Crippen molar-refractivity contribution in [1.29, 1.82) is 0 Å². The molecule has 0 unspecified atom stereocenters. The summed E-state index contributed by atoms with van der Waals surface area (Å²) in [6.07, 6.45) is 1.83. The van der Waals surface area contributed by atoms with E-state index in [4.69, 9.17) is 4.74 Å². The highest BCUT2D eigenvalue weighted by atomic mass is 16.5. The van der Waals surface area contributed by atoms with Crippen molar-refractivity contribution < 1.29 is 4.74 Å². The van der Waals surface area contributed by atoms with Gasteiger partial charge in [-0.25, -0.2) is 0 Å². The number of ether oxygens (including phenoxy) is 1. The average molecular weight is 231 g/mol. The number of benzene rings is 1. The molecular weight excluding hydrogens is 214 g/mol. The predicted molar refractivity (Wildman–Crippen MR) is 67.1 cm³/mol. The maximum absolute atomic E-state index is 5.21. The molecule has 1 heterocycles. The summed E-state index contributed by atoms with van der Waals surface area (Å²) < 4.78 is 7.20. The molecule has 1 N–H and O–H groups in total. The Morgan fingerprint density at radius 2 is 2.24 bits per heavy atom. The van der Waals surface area contributed by atoms with Gasteiger partial charge in [-0.05, 0) is 30.8 Å². The number of hydrogen-bond donors (Lipinski definition) is 1. The zero-order valence-electron chi connectivity index (χ0n) is 10.2. The van der Waals surface area contributed by atoms with Gasteiger partial charge in [0.15, 0.2) is 0 Å². The van der Waals surface area contributed by atoms with Gasteiger partial charge in [-0.3, -0.25) is 4.68 Å². The van der Waals surface area contributed by atoms with Crippen molar-refractivity contribution in [3.05, 3.63) is 47.8 Å². The molecule has 0 saturated carbocycles. The van der Waals surface area contributed by atoms with Crippen LogP contribution < -0.4 is 10.1 Å². The molecule has 4 heteroatoms. The molecule has 0 aliphatic heterocycles. The molecule has 0 aliphatic rings. The molecule has 17 heavy (non-hydrogen) atoms. The van der Waals surface area contributed by atoms with Crippen LogP contribution in [-0.4, -0.2) is 23.9 Å². The van der Waals surface area contributed by atoms with Crippen molar-refractivity contribution in [2.75, 3.05) is 14.2 Å². The van der Waals surface area contributed by atoms with Gasteiger partial charge in [0.2, 0.25) is 0 Å². The third-order valence-corrected chi connectivity index (χ3v) is 2.63. The van der Waals surface area contributed by atoms with Crippen molar-refractivity contribution in [3.8, 4) is 5.75 Å². The molecular formula is C13H17N3O. The molecule has 0 spiro atoms. The maximum Gasteiger partial charge on any atom is 0.119 e. The highest BCUT2D eigenvalue weighted by molar-refractivity contribution is 5.28. The first-order valence-corrected chi connectivity index (χ1v) is 5.61. The van der Waals surface area contributed by atoms with Crippen molar-refractivity contribution in [2.24, 2.45) is 0 Å². The van der Waals surface area contributed by atoms with Crippen LogP contribution in [0.2, 0.25) is 0 Å². The van der Waals surface area contributed by atoms with E-state index >= 15 is 0 Å². The van der Waals surface area contributed by atoms with E-state index in [9.17, 15) is 0 Å². The molecule has 1 aromatic carbocycles. The summed E-state index contributed by atoms with van der Waals surface area (Å²) in [5.41, 5.74) is 2.36. The lowest BCUT2D eigenvalue weighted by atomic mass is 10.2. The van der Waals surface area contributed by atoms with Gasteiger partial charge in [-0.15, -0.1) is 0 Å². The van der Waals surface area contributed by atoms with Crippen LogP contribution in [0.1, 0.15) is 11.3 Å². The second-order valence-electron chi connectivity index (χ2n) is 3.86. The molecule has 0 aliphatic carbocycles. The molecule has 0 atom stereocenters. The maximum atomic E-state index is 5.21. The monoisotopic (exact) mass is 231 g/mol. The molecule has 2 aromatic rings. The number of rotatable bonds is 5. The first-order valence-electron chi connectivity index (χ1n) is 5.61. The summed E-state index contributed by atoms with van der Waals surface area (Å²) in [6, 6.07) is 10.1. The first-order chi connectivity index (χ1) is 8.33. The normalized spacial score (nSPS) is 10.5. The van der Waals surface area contributed by atoms with Crippen LogP contribution in [0.15, 0.2) is 36.5 Å². The summed E-state index contributed by atoms with van der Waals surface area (Å²) in [4.78, 5) is 0. The molecule has 90 valence electrons. The zero-order chi connectivity index (χ0) is 12.1. The minimum Gasteiger partial charge on any atom is -0.497 e. The SMILES string of the molecule is CNCc1ccnn1Cc1cccc(OC)c1.